The molecule has 0 bridgehead atoms. The van der Waals surface area contributed by atoms with E-state index in [1.54, 1.807) is 43.3 Å². The number of methoxy groups -OCH3 is 1. The molecule has 0 saturated carbocycles. The zero-order valence-corrected chi connectivity index (χ0v) is 19.5. The lowest BCUT2D eigenvalue weighted by atomic mass is 9.94. The Bertz CT molecular complexity index is 1260. The zero-order valence-electron chi connectivity index (χ0n) is 19.5. The molecule has 4 rings (SSSR count). The van der Waals surface area contributed by atoms with Crippen molar-refractivity contribution in [3.05, 3.63) is 76.6 Å². The van der Waals surface area contributed by atoms with E-state index in [0.717, 1.165) is 12.0 Å². The molecule has 8 heteroatoms. The second kappa shape index (κ2) is 9.43. The number of carbonyl (C=O) groups excluding carboxylic acids is 2. The number of ether oxygens (including phenoxy) is 2. The fraction of sp³-hybridized carbons (Fsp3) is 0.269. The number of nitrogens with zero attached hydrogens (tertiary/aromatic N) is 2. The maximum Gasteiger partial charge on any atom is 0.301 e. The summed E-state index contributed by atoms with van der Waals surface area (Å²) in [5.41, 5.74) is 1.94. The summed E-state index contributed by atoms with van der Waals surface area (Å²) in [5, 5.41) is 15.1. The van der Waals surface area contributed by atoms with E-state index in [1.807, 2.05) is 26.0 Å². The maximum atomic E-state index is 13.2. The van der Waals surface area contributed by atoms with Crippen molar-refractivity contribution in [1.29, 1.82) is 0 Å². The molecule has 0 radical (unpaired) electrons. The number of ketones is 1. The highest BCUT2D eigenvalue weighted by Gasteiger charge is 2.48. The molecule has 176 valence electrons. The Hall–Kier alpha value is -4.07. The number of aryl methyl sites for hydroxylation is 2. The van der Waals surface area contributed by atoms with Crippen LogP contribution in [0.25, 0.3) is 5.76 Å². The first-order chi connectivity index (χ1) is 16.3. The second-order valence-electron chi connectivity index (χ2n) is 8.09. The molecule has 1 saturated heterocycles. The highest BCUT2D eigenvalue weighted by atomic mass is 16.5. The van der Waals surface area contributed by atoms with E-state index in [9.17, 15) is 14.7 Å². The normalized spacial score (nSPS) is 17.3. The smallest absolute Gasteiger partial charge is 0.301 e. The van der Waals surface area contributed by atoms with Crippen molar-refractivity contribution in [3.63, 3.8) is 0 Å². The van der Waals surface area contributed by atoms with Gasteiger partial charge in [0.15, 0.2) is 17.3 Å². The lowest BCUT2D eigenvalue weighted by molar-refractivity contribution is -0.132. The molecule has 3 aromatic rings. The van der Waals surface area contributed by atoms with Crippen LogP contribution in [0.1, 0.15) is 41.8 Å². The summed E-state index contributed by atoms with van der Waals surface area (Å²) in [4.78, 5) is 27.6. The van der Waals surface area contributed by atoms with Gasteiger partial charge in [-0.25, -0.2) is 0 Å². The zero-order chi connectivity index (χ0) is 24.4. The fourth-order valence-corrected chi connectivity index (χ4v) is 3.90. The number of aliphatic hydroxyl groups excluding tert-OH is 1. The van der Waals surface area contributed by atoms with Crippen LogP contribution in [-0.2, 0) is 9.59 Å². The first-order valence-electron chi connectivity index (χ1n) is 11.0. The van der Waals surface area contributed by atoms with Crippen molar-refractivity contribution in [1.82, 2.24) is 5.16 Å². The van der Waals surface area contributed by atoms with Gasteiger partial charge in [0, 0.05) is 11.6 Å². The average molecular weight is 463 g/mol. The molecule has 0 aliphatic carbocycles. The largest absolute Gasteiger partial charge is 0.507 e. The van der Waals surface area contributed by atoms with Crippen LogP contribution in [-0.4, -0.2) is 35.7 Å². The van der Waals surface area contributed by atoms with Crippen molar-refractivity contribution >= 4 is 23.3 Å². The highest BCUT2D eigenvalue weighted by molar-refractivity contribution is 6.51. The number of benzene rings is 2. The van der Waals surface area contributed by atoms with E-state index in [4.69, 9.17) is 14.0 Å². The predicted octanol–water partition coefficient (Wildman–Crippen LogP) is 4.72. The van der Waals surface area contributed by atoms with Gasteiger partial charge in [0.1, 0.15) is 11.5 Å². The standard InChI is InChI=1S/C26H26N2O6/c1-5-12-33-19-11-10-18(14-20(19)32-4)23-22(24(29)17-8-6-15(2)7-9-17)25(30)26(31)28(23)21-13-16(3)34-27-21/h6-11,13-14,23,29H,5,12H2,1-4H3. The van der Waals surface area contributed by atoms with Gasteiger partial charge in [-0.1, -0.05) is 48.0 Å². The Labute approximate surface area is 197 Å². The molecule has 8 nitrogen and oxygen atoms in total. The van der Waals surface area contributed by atoms with E-state index < -0.39 is 17.7 Å². The van der Waals surface area contributed by atoms with Crippen LogP contribution in [0.4, 0.5) is 5.82 Å². The maximum absolute atomic E-state index is 13.2. The van der Waals surface area contributed by atoms with Crippen LogP contribution in [0.3, 0.4) is 0 Å². The minimum absolute atomic E-state index is 0.0428. The van der Waals surface area contributed by atoms with E-state index in [0.29, 0.717) is 35.0 Å². The SMILES string of the molecule is CCCOc1ccc(C2C(=C(O)c3ccc(C)cc3)C(=O)C(=O)N2c2cc(C)on2)cc1OC. The van der Waals surface area contributed by atoms with E-state index in [-0.39, 0.29) is 17.2 Å². The molecule has 1 N–H and O–H groups in total. The molecule has 2 aromatic carbocycles. The van der Waals surface area contributed by atoms with Crippen molar-refractivity contribution in [3.8, 4) is 11.5 Å². The summed E-state index contributed by atoms with van der Waals surface area (Å²) in [7, 11) is 1.52. The molecule has 34 heavy (non-hydrogen) atoms. The first-order valence-corrected chi connectivity index (χ1v) is 11.0. The third-order valence-electron chi connectivity index (χ3n) is 5.60. The molecule has 1 atom stereocenters. The van der Waals surface area contributed by atoms with Crippen molar-refractivity contribution in [2.75, 3.05) is 18.6 Å². The number of hydrogen-bond acceptors (Lipinski definition) is 7. The average Bonchev–Trinajstić information content (AvgIpc) is 3.38. The summed E-state index contributed by atoms with van der Waals surface area (Å²) >= 11 is 0. The van der Waals surface area contributed by atoms with E-state index in [2.05, 4.69) is 5.16 Å². The molecule has 0 spiro atoms. The topological polar surface area (TPSA) is 102 Å². The third kappa shape index (κ3) is 4.14. The van der Waals surface area contributed by atoms with Crippen molar-refractivity contribution in [2.45, 2.75) is 33.2 Å². The van der Waals surface area contributed by atoms with Crippen LogP contribution in [0.15, 0.2) is 58.6 Å². The second-order valence-corrected chi connectivity index (χ2v) is 8.09. The molecule has 1 aliphatic rings. The van der Waals surface area contributed by atoms with Gasteiger partial charge < -0.3 is 19.1 Å². The molecule has 1 amide bonds. The Morgan fingerprint density at radius 1 is 1.09 bits per heavy atom. The number of hydrogen-bond donors (Lipinski definition) is 1. The number of amides is 1. The first kappa shape index (κ1) is 23.1. The number of carbonyl (C=O) groups is 2. The van der Waals surface area contributed by atoms with E-state index >= 15 is 0 Å². The lowest BCUT2D eigenvalue weighted by Crippen LogP contribution is -2.29. The Morgan fingerprint density at radius 2 is 1.82 bits per heavy atom. The Balaban J connectivity index is 1.91. The molecule has 1 aromatic heterocycles. The fourth-order valence-electron chi connectivity index (χ4n) is 3.90. The summed E-state index contributed by atoms with van der Waals surface area (Å²) in [5.74, 6) is -0.237. The van der Waals surface area contributed by atoms with Gasteiger partial charge in [0.25, 0.3) is 5.78 Å². The third-order valence-corrected chi connectivity index (χ3v) is 5.60. The van der Waals surface area contributed by atoms with Crippen LogP contribution >= 0.6 is 0 Å². The Morgan fingerprint density at radius 3 is 2.44 bits per heavy atom. The van der Waals surface area contributed by atoms with Gasteiger partial charge in [-0.15, -0.1) is 0 Å². The monoisotopic (exact) mass is 462 g/mol. The van der Waals surface area contributed by atoms with Crippen LogP contribution in [0.5, 0.6) is 11.5 Å². The highest BCUT2D eigenvalue weighted by Crippen LogP contribution is 2.44. The van der Waals surface area contributed by atoms with Gasteiger partial charge in [-0.05, 0) is 38.0 Å². The van der Waals surface area contributed by atoms with Crippen LogP contribution in [0.2, 0.25) is 0 Å². The summed E-state index contributed by atoms with van der Waals surface area (Å²) < 4.78 is 16.4. The molecular formula is C26H26N2O6. The van der Waals surface area contributed by atoms with Gasteiger partial charge >= 0.3 is 5.91 Å². The molecular weight excluding hydrogens is 436 g/mol. The number of rotatable bonds is 7. The number of anilines is 1. The molecule has 2 heterocycles. The summed E-state index contributed by atoms with van der Waals surface area (Å²) in [6.45, 7) is 6.13. The molecule has 1 unspecified atom stereocenters. The van der Waals surface area contributed by atoms with Crippen LogP contribution in [0, 0.1) is 13.8 Å². The van der Waals surface area contributed by atoms with Crippen LogP contribution < -0.4 is 14.4 Å². The van der Waals surface area contributed by atoms with Gasteiger partial charge in [-0.2, -0.15) is 0 Å². The van der Waals surface area contributed by atoms with Gasteiger partial charge in [0.2, 0.25) is 0 Å². The minimum Gasteiger partial charge on any atom is -0.507 e. The molecule has 1 fully saturated rings. The van der Waals surface area contributed by atoms with Crippen molar-refractivity contribution in [2.24, 2.45) is 0 Å². The van der Waals surface area contributed by atoms with Gasteiger partial charge in [-0.3, -0.25) is 14.5 Å². The number of aliphatic hydroxyl groups is 1. The van der Waals surface area contributed by atoms with Crippen molar-refractivity contribution < 1.29 is 28.7 Å². The minimum atomic E-state index is -0.945. The van der Waals surface area contributed by atoms with E-state index in [1.165, 1.54) is 12.0 Å². The Kier molecular flexibility index (Phi) is 6.40. The summed E-state index contributed by atoms with van der Waals surface area (Å²) in [6, 6.07) is 12.9. The predicted molar refractivity (Wildman–Crippen MR) is 126 cm³/mol. The number of Topliss-reactive ketones (excluding diaryl/α,β-unsaturated/α-hetero) is 1. The number of aromatic nitrogens is 1. The lowest BCUT2D eigenvalue weighted by Gasteiger charge is -2.23. The molecule has 1 aliphatic heterocycles. The summed E-state index contributed by atoms with van der Waals surface area (Å²) in [6.07, 6.45) is 0.827. The quantitative estimate of drug-likeness (QED) is 0.308. The van der Waals surface area contributed by atoms with Gasteiger partial charge in [0.05, 0.1) is 25.3 Å².